The predicted molar refractivity (Wildman–Crippen MR) is 111 cm³/mol. The zero-order chi connectivity index (χ0) is 22.0. The number of halogens is 1. The lowest BCUT2D eigenvalue weighted by Gasteiger charge is -2.40. The number of hydrogen-bond acceptors (Lipinski definition) is 8. The van der Waals surface area contributed by atoms with Crippen LogP contribution < -0.4 is 20.4 Å². The van der Waals surface area contributed by atoms with Crippen LogP contribution in [0.4, 0.5) is 0 Å². The molecule has 0 bridgehead atoms. The Morgan fingerprint density at radius 2 is 2.06 bits per heavy atom. The summed E-state index contributed by atoms with van der Waals surface area (Å²) in [7, 11) is -1.07. The molecule has 0 spiro atoms. The first-order valence-corrected chi connectivity index (χ1v) is 9.57. The molecule has 31 heavy (non-hydrogen) atoms. The molecule has 2 atom stereocenters. The predicted octanol–water partition coefficient (Wildman–Crippen LogP) is -1.36. The largest absolute Gasteiger partial charge is 0.535 e. The molecule has 1 aromatic rings. The molecule has 11 nitrogen and oxygen atoms in total. The average Bonchev–Trinajstić information content (AvgIpc) is 2.68. The number of nitrogens with zero attached hydrogens (tertiary/aromatic N) is 1. The number of carbonyl (C=O) groups is 3. The summed E-state index contributed by atoms with van der Waals surface area (Å²) in [5.74, 6) is -2.01. The number of hydrogen-bond donors (Lipinski definition) is 5. The van der Waals surface area contributed by atoms with Crippen LogP contribution in [0, 0.1) is 0 Å². The minimum atomic E-state index is -1.24. The fourth-order valence-electron chi connectivity index (χ4n) is 3.33. The molecular weight excluding hydrogens is 432 g/mol. The van der Waals surface area contributed by atoms with Gasteiger partial charge in [0.05, 0.1) is 19.7 Å². The molecule has 0 aromatic heterocycles. The number of aliphatic hydroxyl groups excluding tert-OH is 1. The second-order valence-corrected chi connectivity index (χ2v) is 7.35. The number of ether oxygens (including phenoxy) is 1. The number of nitrogens with two attached hydrogens (primary N) is 1. The van der Waals surface area contributed by atoms with Gasteiger partial charge in [0, 0.05) is 0 Å². The molecular formula is C18H25BClN3O8. The van der Waals surface area contributed by atoms with E-state index < -0.39 is 43.8 Å². The topological polar surface area (TPSA) is 172 Å². The van der Waals surface area contributed by atoms with Crippen molar-refractivity contribution in [3.8, 4) is 11.5 Å². The third-order valence-corrected chi connectivity index (χ3v) is 5.05. The molecule has 2 amide bonds. The van der Waals surface area contributed by atoms with Crippen LogP contribution in [0.25, 0.3) is 0 Å². The van der Waals surface area contributed by atoms with E-state index >= 15 is 0 Å². The standard InChI is InChI=1S/C18H24BN3O8.ClH/c1-9(21-16(24)12(20)8-23)17(25)22-6-11(7-22)29-13-3-2-10-4-5-19(28)30-15(10)14(13)18(26)27;/h2-3,9,11-12,23,28H,4-8,20H2,1H3,(H,21,24)(H,26,27);1H/t9-,12-;/m1./s1. The summed E-state index contributed by atoms with van der Waals surface area (Å²) in [5.41, 5.74) is 5.93. The lowest BCUT2D eigenvalue weighted by atomic mass is 9.78. The number of nitrogens with one attached hydrogen (secondary N) is 1. The van der Waals surface area contributed by atoms with Gasteiger partial charge >= 0.3 is 13.1 Å². The fraction of sp³-hybridized carbons (Fsp3) is 0.500. The van der Waals surface area contributed by atoms with Crippen molar-refractivity contribution in [1.82, 2.24) is 10.2 Å². The van der Waals surface area contributed by atoms with E-state index in [0.29, 0.717) is 18.3 Å². The summed E-state index contributed by atoms with van der Waals surface area (Å²) in [6.45, 7) is 1.41. The van der Waals surface area contributed by atoms with Crippen LogP contribution in [0.15, 0.2) is 12.1 Å². The van der Waals surface area contributed by atoms with E-state index in [4.69, 9.17) is 20.2 Å². The van der Waals surface area contributed by atoms with Crippen LogP contribution in [-0.4, -0.2) is 82.9 Å². The zero-order valence-corrected chi connectivity index (χ0v) is 17.6. The third kappa shape index (κ3) is 5.39. The van der Waals surface area contributed by atoms with E-state index in [1.54, 1.807) is 12.1 Å². The van der Waals surface area contributed by atoms with Gasteiger partial charge in [0.25, 0.3) is 0 Å². The van der Waals surface area contributed by atoms with Gasteiger partial charge in [-0.05, 0) is 31.3 Å². The van der Waals surface area contributed by atoms with Crippen LogP contribution in [-0.2, 0) is 16.0 Å². The lowest BCUT2D eigenvalue weighted by molar-refractivity contribution is -0.144. The van der Waals surface area contributed by atoms with Gasteiger partial charge in [-0.15, -0.1) is 12.4 Å². The molecule has 170 valence electrons. The van der Waals surface area contributed by atoms with Gasteiger partial charge in [0.2, 0.25) is 11.8 Å². The number of rotatable bonds is 7. The van der Waals surface area contributed by atoms with E-state index in [1.807, 2.05) is 0 Å². The van der Waals surface area contributed by atoms with Crippen molar-refractivity contribution < 1.29 is 39.0 Å². The minimum Gasteiger partial charge on any atom is -0.535 e. The summed E-state index contributed by atoms with van der Waals surface area (Å²) >= 11 is 0. The molecule has 0 unspecified atom stereocenters. The highest BCUT2D eigenvalue weighted by molar-refractivity contribution is 6.44. The molecule has 6 N–H and O–H groups in total. The molecule has 0 radical (unpaired) electrons. The number of amides is 2. The van der Waals surface area contributed by atoms with Gasteiger partial charge in [-0.25, -0.2) is 4.79 Å². The second kappa shape index (κ2) is 10.2. The molecule has 2 aliphatic rings. The first-order chi connectivity index (χ1) is 14.2. The molecule has 1 saturated heterocycles. The van der Waals surface area contributed by atoms with E-state index in [0.717, 1.165) is 0 Å². The van der Waals surface area contributed by atoms with Crippen molar-refractivity contribution in [2.45, 2.75) is 37.9 Å². The quantitative estimate of drug-likeness (QED) is 0.310. The van der Waals surface area contributed by atoms with Gasteiger partial charge in [-0.1, -0.05) is 6.07 Å². The Bertz CT molecular complexity index is 851. The van der Waals surface area contributed by atoms with E-state index in [9.17, 15) is 24.5 Å². The molecule has 0 aliphatic carbocycles. The highest BCUT2D eigenvalue weighted by atomic mass is 35.5. The van der Waals surface area contributed by atoms with Crippen molar-refractivity contribution in [3.05, 3.63) is 23.3 Å². The van der Waals surface area contributed by atoms with Crippen molar-refractivity contribution in [1.29, 1.82) is 0 Å². The Kier molecular flexibility index (Phi) is 8.12. The molecule has 13 heteroatoms. The Labute approximate surface area is 185 Å². The van der Waals surface area contributed by atoms with Crippen LogP contribution >= 0.6 is 12.4 Å². The Morgan fingerprint density at radius 3 is 2.68 bits per heavy atom. The highest BCUT2D eigenvalue weighted by Crippen LogP contribution is 2.37. The van der Waals surface area contributed by atoms with Gasteiger partial charge in [-0.2, -0.15) is 0 Å². The molecule has 2 aliphatic heterocycles. The van der Waals surface area contributed by atoms with Crippen LogP contribution in [0.1, 0.15) is 22.8 Å². The molecule has 2 heterocycles. The number of benzene rings is 1. The van der Waals surface area contributed by atoms with Crippen molar-refractivity contribution in [2.75, 3.05) is 19.7 Å². The van der Waals surface area contributed by atoms with Gasteiger partial charge in [0.15, 0.2) is 0 Å². The normalized spacial score (nSPS) is 17.3. The van der Waals surface area contributed by atoms with Gasteiger partial charge in [-0.3, -0.25) is 9.59 Å². The number of aliphatic hydroxyl groups is 1. The maximum Gasteiger partial charge on any atom is 0.522 e. The summed E-state index contributed by atoms with van der Waals surface area (Å²) in [4.78, 5) is 37.3. The number of carboxylic acid groups (broad SMARTS) is 1. The van der Waals surface area contributed by atoms with Gasteiger partial charge < -0.3 is 40.6 Å². The first kappa shape index (κ1) is 24.7. The molecule has 1 fully saturated rings. The van der Waals surface area contributed by atoms with E-state index in [1.165, 1.54) is 11.8 Å². The SMILES string of the molecule is C[C@@H](NC(=O)[C@H](N)CO)C(=O)N1CC(Oc2ccc3c(c2C(=O)O)OB(O)CC3)C1.Cl. The Morgan fingerprint density at radius 1 is 1.39 bits per heavy atom. The summed E-state index contributed by atoms with van der Waals surface area (Å²) < 4.78 is 11.1. The van der Waals surface area contributed by atoms with Crippen molar-refractivity contribution >= 4 is 37.3 Å². The Hall–Kier alpha value is -2.54. The summed E-state index contributed by atoms with van der Waals surface area (Å²) in [6.07, 6.45) is 0.442. The summed E-state index contributed by atoms with van der Waals surface area (Å²) in [5, 5.41) is 30.6. The number of fused-ring (bicyclic) bond motifs is 1. The van der Waals surface area contributed by atoms with Crippen LogP contribution in [0.2, 0.25) is 6.32 Å². The molecule has 1 aromatic carbocycles. The number of aryl methyl sites for hydroxylation is 1. The average molecular weight is 458 g/mol. The number of likely N-dealkylation sites (tertiary alicyclic amines) is 1. The number of aromatic carboxylic acids is 1. The zero-order valence-electron chi connectivity index (χ0n) is 16.8. The number of carboxylic acids is 1. The first-order valence-electron chi connectivity index (χ1n) is 9.57. The van der Waals surface area contributed by atoms with Crippen molar-refractivity contribution in [2.24, 2.45) is 5.73 Å². The van der Waals surface area contributed by atoms with Crippen LogP contribution in [0.5, 0.6) is 11.5 Å². The second-order valence-electron chi connectivity index (χ2n) is 7.35. The summed E-state index contributed by atoms with van der Waals surface area (Å²) in [6, 6.07) is 1.32. The molecule has 0 saturated carbocycles. The Balaban J connectivity index is 0.00000341. The van der Waals surface area contributed by atoms with Crippen molar-refractivity contribution in [3.63, 3.8) is 0 Å². The van der Waals surface area contributed by atoms with Gasteiger partial charge in [0.1, 0.15) is 35.3 Å². The van der Waals surface area contributed by atoms with E-state index in [-0.39, 0.29) is 48.5 Å². The number of carbonyl (C=O) groups excluding carboxylic acids is 2. The lowest BCUT2D eigenvalue weighted by Crippen LogP contribution is -2.61. The maximum atomic E-state index is 12.4. The molecule has 3 rings (SSSR count). The third-order valence-electron chi connectivity index (χ3n) is 5.05. The fourth-order valence-corrected chi connectivity index (χ4v) is 3.33. The van der Waals surface area contributed by atoms with E-state index in [2.05, 4.69) is 5.32 Å². The monoisotopic (exact) mass is 457 g/mol. The highest BCUT2D eigenvalue weighted by Gasteiger charge is 2.37. The van der Waals surface area contributed by atoms with Crippen LogP contribution in [0.3, 0.4) is 0 Å². The maximum absolute atomic E-state index is 12.4. The minimum absolute atomic E-state index is 0. The smallest absolute Gasteiger partial charge is 0.522 e.